The van der Waals surface area contributed by atoms with E-state index >= 15 is 0 Å². The molecule has 22 heavy (non-hydrogen) atoms. The summed E-state index contributed by atoms with van der Waals surface area (Å²) in [6, 6.07) is 13.1. The summed E-state index contributed by atoms with van der Waals surface area (Å²) in [5.41, 5.74) is 3.59. The van der Waals surface area contributed by atoms with E-state index in [-0.39, 0.29) is 5.75 Å². The van der Waals surface area contributed by atoms with Crippen molar-refractivity contribution in [3.63, 3.8) is 0 Å². The van der Waals surface area contributed by atoms with Gasteiger partial charge in [-0.3, -0.25) is 0 Å². The number of benzene rings is 2. The van der Waals surface area contributed by atoms with Gasteiger partial charge in [0.1, 0.15) is 0 Å². The number of fused-ring (bicyclic) bond motifs is 1. The van der Waals surface area contributed by atoms with Crippen molar-refractivity contribution >= 4 is 36.9 Å². The van der Waals surface area contributed by atoms with Crippen molar-refractivity contribution in [2.24, 2.45) is 0 Å². The van der Waals surface area contributed by atoms with Gasteiger partial charge in [0.15, 0.2) is 0 Å². The topological polar surface area (TPSA) is 39.1 Å². The van der Waals surface area contributed by atoms with Gasteiger partial charge >= 0.3 is 0 Å². The van der Waals surface area contributed by atoms with Crippen molar-refractivity contribution in [1.29, 1.82) is 0 Å². The molecule has 0 atom stereocenters. The molecule has 0 bridgehead atoms. The maximum Gasteiger partial charge on any atom is 0.243 e. The number of aryl methyl sites for hydroxylation is 2. The van der Waals surface area contributed by atoms with Crippen molar-refractivity contribution in [3.8, 4) is 0 Å². The van der Waals surface area contributed by atoms with E-state index in [1.54, 1.807) is 6.20 Å². The molecule has 0 aliphatic carbocycles. The van der Waals surface area contributed by atoms with Crippen LogP contribution in [0, 0.1) is 13.8 Å². The number of hydrogen-bond acceptors (Lipinski definition) is 2. The molecule has 0 amide bonds. The molecule has 0 radical (unpaired) electrons. The van der Waals surface area contributed by atoms with Crippen LogP contribution in [0.15, 0.2) is 53.1 Å². The molecule has 0 unspecified atom stereocenters. The van der Waals surface area contributed by atoms with Crippen molar-refractivity contribution in [2.45, 2.75) is 19.6 Å². The molecule has 0 spiro atoms. The predicted octanol–water partition coefficient (Wildman–Crippen LogP) is 4.40. The minimum atomic E-state index is -3.45. The molecule has 0 aliphatic rings. The zero-order valence-corrected chi connectivity index (χ0v) is 14.8. The summed E-state index contributed by atoms with van der Waals surface area (Å²) in [5, 5.41) is 0.925. The Morgan fingerprint density at radius 1 is 1.05 bits per heavy atom. The maximum atomic E-state index is 12.8. The lowest BCUT2D eigenvalue weighted by atomic mass is 10.1. The van der Waals surface area contributed by atoms with Crippen LogP contribution in [0.4, 0.5) is 0 Å². The van der Waals surface area contributed by atoms with Crippen LogP contribution < -0.4 is 0 Å². The summed E-state index contributed by atoms with van der Waals surface area (Å²) in [6.07, 6.45) is 1.64. The predicted molar refractivity (Wildman–Crippen MR) is 93.6 cm³/mol. The van der Waals surface area contributed by atoms with Crippen LogP contribution in [0.3, 0.4) is 0 Å². The van der Waals surface area contributed by atoms with Crippen molar-refractivity contribution in [2.75, 3.05) is 0 Å². The third-order valence-electron chi connectivity index (χ3n) is 3.73. The molecule has 2 aromatic carbocycles. The minimum absolute atomic E-state index is 0.0114. The number of aromatic nitrogens is 1. The van der Waals surface area contributed by atoms with Gasteiger partial charge in [0.25, 0.3) is 0 Å². The van der Waals surface area contributed by atoms with E-state index in [4.69, 9.17) is 0 Å². The van der Waals surface area contributed by atoms with Gasteiger partial charge in [-0.2, -0.15) is 0 Å². The monoisotopic (exact) mass is 377 g/mol. The fourth-order valence-electron chi connectivity index (χ4n) is 2.73. The summed E-state index contributed by atoms with van der Waals surface area (Å²) in [7, 11) is -3.45. The zero-order valence-electron chi connectivity index (χ0n) is 12.4. The Labute approximate surface area is 138 Å². The van der Waals surface area contributed by atoms with Crippen LogP contribution in [0.25, 0.3) is 10.9 Å². The lowest BCUT2D eigenvalue weighted by molar-refractivity contribution is 0.588. The van der Waals surface area contributed by atoms with Crippen LogP contribution in [0.2, 0.25) is 0 Å². The lowest BCUT2D eigenvalue weighted by Gasteiger charge is -2.11. The third kappa shape index (κ3) is 2.59. The Morgan fingerprint density at radius 2 is 1.73 bits per heavy atom. The molecule has 114 valence electrons. The second-order valence-electron chi connectivity index (χ2n) is 5.44. The van der Waals surface area contributed by atoms with E-state index in [9.17, 15) is 8.42 Å². The first-order chi connectivity index (χ1) is 10.4. The van der Waals surface area contributed by atoms with E-state index in [0.717, 1.165) is 32.1 Å². The smallest absolute Gasteiger partial charge is 0.243 e. The minimum Gasteiger partial charge on any atom is -0.244 e. The quantitative estimate of drug-likeness (QED) is 0.678. The number of rotatable bonds is 3. The molecule has 3 aromatic rings. The fraction of sp³-hybridized carbons (Fsp3) is 0.176. The van der Waals surface area contributed by atoms with E-state index in [2.05, 4.69) is 15.9 Å². The molecule has 1 aromatic heterocycles. The first-order valence-electron chi connectivity index (χ1n) is 6.94. The molecular formula is C17H16BrNO2S. The number of hydrogen-bond donors (Lipinski definition) is 0. The highest BCUT2D eigenvalue weighted by Gasteiger charge is 2.19. The van der Waals surface area contributed by atoms with Crippen molar-refractivity contribution in [1.82, 2.24) is 3.97 Å². The maximum absolute atomic E-state index is 12.8. The fourth-order valence-corrected chi connectivity index (χ4v) is 4.69. The number of halogens is 1. The Kier molecular flexibility index (Phi) is 3.87. The van der Waals surface area contributed by atoms with Gasteiger partial charge in [-0.1, -0.05) is 36.4 Å². The lowest BCUT2D eigenvalue weighted by Crippen LogP contribution is -2.14. The summed E-state index contributed by atoms with van der Waals surface area (Å²) in [5.74, 6) is -0.0114. The van der Waals surface area contributed by atoms with Gasteiger partial charge in [0, 0.05) is 16.1 Å². The highest BCUT2D eigenvalue weighted by molar-refractivity contribution is 9.10. The van der Waals surface area contributed by atoms with Gasteiger partial charge in [-0.25, -0.2) is 12.4 Å². The molecule has 0 aliphatic heterocycles. The first kappa shape index (κ1) is 15.3. The molecule has 0 N–H and O–H groups in total. The molecule has 3 rings (SSSR count). The van der Waals surface area contributed by atoms with Crippen LogP contribution in [0.5, 0.6) is 0 Å². The molecule has 1 heterocycles. The average molecular weight is 378 g/mol. The summed E-state index contributed by atoms with van der Waals surface area (Å²) < 4.78 is 27.9. The second kappa shape index (κ2) is 5.56. The molecule has 3 nitrogen and oxygen atoms in total. The van der Waals surface area contributed by atoms with E-state index < -0.39 is 10.0 Å². The molecule has 5 heteroatoms. The first-order valence-corrected chi connectivity index (χ1v) is 9.34. The van der Waals surface area contributed by atoms with Crippen molar-refractivity contribution < 1.29 is 8.42 Å². The Balaban J connectivity index is 2.16. The van der Waals surface area contributed by atoms with Gasteiger partial charge in [0.05, 0.1) is 11.3 Å². The zero-order chi connectivity index (χ0) is 15.9. The standard InChI is InChI=1S/C17H16BrNO2S/c1-12-10-13(2)17-15(16(12)18)8-9-19(17)22(20,21)11-14-6-4-3-5-7-14/h3-10H,11H2,1-2H3. The van der Waals surface area contributed by atoms with Crippen molar-refractivity contribution in [3.05, 3.63) is 69.8 Å². The Hall–Kier alpha value is -1.59. The molecular weight excluding hydrogens is 362 g/mol. The van der Waals surface area contributed by atoms with Crippen LogP contribution >= 0.6 is 15.9 Å². The van der Waals surface area contributed by atoms with E-state index in [1.165, 1.54) is 3.97 Å². The molecule has 0 saturated heterocycles. The largest absolute Gasteiger partial charge is 0.244 e. The van der Waals surface area contributed by atoms with Gasteiger partial charge in [0.2, 0.25) is 10.0 Å². The summed E-state index contributed by atoms with van der Waals surface area (Å²) >= 11 is 3.55. The van der Waals surface area contributed by atoms with E-state index in [0.29, 0.717) is 0 Å². The SMILES string of the molecule is Cc1cc(C)c2c(ccn2S(=O)(=O)Cc2ccccc2)c1Br. The summed E-state index contributed by atoms with van der Waals surface area (Å²) in [6.45, 7) is 3.95. The highest BCUT2D eigenvalue weighted by Crippen LogP contribution is 2.32. The average Bonchev–Trinajstić information content (AvgIpc) is 2.92. The van der Waals surface area contributed by atoms with Crippen LogP contribution in [0.1, 0.15) is 16.7 Å². The Bertz CT molecular complexity index is 944. The summed E-state index contributed by atoms with van der Waals surface area (Å²) in [4.78, 5) is 0. The van der Waals surface area contributed by atoms with Crippen LogP contribution in [-0.4, -0.2) is 12.4 Å². The van der Waals surface area contributed by atoms with Gasteiger partial charge < -0.3 is 0 Å². The van der Waals surface area contributed by atoms with Crippen LogP contribution in [-0.2, 0) is 15.8 Å². The molecule has 0 fully saturated rings. The Morgan fingerprint density at radius 3 is 2.41 bits per heavy atom. The molecule has 0 saturated carbocycles. The highest BCUT2D eigenvalue weighted by atomic mass is 79.9. The normalized spacial score (nSPS) is 12.0. The third-order valence-corrected chi connectivity index (χ3v) is 6.39. The number of nitrogens with zero attached hydrogens (tertiary/aromatic N) is 1. The second-order valence-corrected chi connectivity index (χ2v) is 8.08. The van der Waals surface area contributed by atoms with Gasteiger partial charge in [-0.05, 0) is 52.5 Å². The van der Waals surface area contributed by atoms with Gasteiger partial charge in [-0.15, -0.1) is 0 Å². The van der Waals surface area contributed by atoms with E-state index in [1.807, 2.05) is 56.3 Å².